The molecule has 1 heterocycles. The summed E-state index contributed by atoms with van der Waals surface area (Å²) in [4.78, 5) is 4.15. The molecule has 0 fully saturated rings. The second-order valence-corrected chi connectivity index (χ2v) is 3.56. The van der Waals surface area contributed by atoms with Gasteiger partial charge in [-0.05, 0) is 24.6 Å². The lowest BCUT2D eigenvalue weighted by Crippen LogP contribution is -1.93. The van der Waals surface area contributed by atoms with Crippen LogP contribution in [0.1, 0.15) is 11.4 Å². The van der Waals surface area contributed by atoms with Gasteiger partial charge < -0.3 is 15.4 Å². The molecule has 0 spiro atoms. The largest absolute Gasteiger partial charge is 0.398 e. The third kappa shape index (κ3) is 2.04. The molecule has 0 aliphatic carbocycles. The molecule has 1 aromatic carbocycles. The van der Waals surface area contributed by atoms with Crippen molar-refractivity contribution < 1.29 is 9.63 Å². The zero-order valence-corrected chi connectivity index (χ0v) is 8.97. The smallest absolute Gasteiger partial charge is 0.257 e. The number of nitrogen functional groups attached to an aromatic ring is 1. The Kier molecular flexibility index (Phi) is 2.87. The first-order valence-corrected chi connectivity index (χ1v) is 5.00. The van der Waals surface area contributed by atoms with Crippen molar-refractivity contribution in [3.05, 3.63) is 29.6 Å². The van der Waals surface area contributed by atoms with Crippen LogP contribution in [0.4, 0.5) is 5.69 Å². The molecular formula is C11H13N3O2. The van der Waals surface area contributed by atoms with Gasteiger partial charge in [0.15, 0.2) is 5.82 Å². The molecule has 0 aliphatic rings. The number of aliphatic hydroxyl groups is 1. The van der Waals surface area contributed by atoms with Crippen molar-refractivity contribution >= 4 is 5.69 Å². The van der Waals surface area contributed by atoms with Crippen molar-refractivity contribution in [2.45, 2.75) is 13.3 Å². The molecule has 84 valence electrons. The highest BCUT2D eigenvalue weighted by Crippen LogP contribution is 2.22. The zero-order chi connectivity index (χ0) is 11.5. The highest BCUT2D eigenvalue weighted by Gasteiger charge is 2.09. The van der Waals surface area contributed by atoms with Crippen LogP contribution in [0.5, 0.6) is 0 Å². The third-order valence-corrected chi connectivity index (χ3v) is 2.33. The molecule has 2 aromatic rings. The van der Waals surface area contributed by atoms with E-state index in [1.807, 2.05) is 19.1 Å². The number of aliphatic hydroxyl groups excluding tert-OH is 1. The van der Waals surface area contributed by atoms with Gasteiger partial charge in [0, 0.05) is 17.7 Å². The van der Waals surface area contributed by atoms with Gasteiger partial charge in [-0.25, -0.2) is 0 Å². The summed E-state index contributed by atoms with van der Waals surface area (Å²) in [5, 5.41) is 12.5. The van der Waals surface area contributed by atoms with Crippen LogP contribution in [-0.2, 0) is 6.42 Å². The van der Waals surface area contributed by atoms with Crippen molar-refractivity contribution in [2.75, 3.05) is 12.3 Å². The predicted molar refractivity (Wildman–Crippen MR) is 59.7 cm³/mol. The summed E-state index contributed by atoms with van der Waals surface area (Å²) in [6.07, 6.45) is 0.394. The number of benzene rings is 1. The van der Waals surface area contributed by atoms with Crippen LogP contribution in [0.25, 0.3) is 11.5 Å². The summed E-state index contributed by atoms with van der Waals surface area (Å²) < 4.78 is 5.07. The number of aromatic nitrogens is 2. The highest BCUT2D eigenvalue weighted by molar-refractivity contribution is 5.62. The Morgan fingerprint density at radius 3 is 2.94 bits per heavy atom. The maximum Gasteiger partial charge on any atom is 0.257 e. The van der Waals surface area contributed by atoms with Gasteiger partial charge in [0.1, 0.15) is 0 Å². The van der Waals surface area contributed by atoms with Crippen molar-refractivity contribution in [1.82, 2.24) is 10.1 Å². The fourth-order valence-electron chi connectivity index (χ4n) is 1.35. The molecular weight excluding hydrogens is 206 g/mol. The van der Waals surface area contributed by atoms with Crippen LogP contribution in [0.2, 0.25) is 0 Å². The van der Waals surface area contributed by atoms with Crippen molar-refractivity contribution in [3.8, 4) is 11.5 Å². The first-order valence-electron chi connectivity index (χ1n) is 5.00. The quantitative estimate of drug-likeness (QED) is 0.756. The lowest BCUT2D eigenvalue weighted by molar-refractivity contribution is 0.293. The molecule has 1 aromatic heterocycles. The minimum Gasteiger partial charge on any atom is -0.398 e. The van der Waals surface area contributed by atoms with Gasteiger partial charge in [0.25, 0.3) is 5.89 Å². The fraction of sp³-hybridized carbons (Fsp3) is 0.273. The van der Waals surface area contributed by atoms with Gasteiger partial charge >= 0.3 is 0 Å². The Balaban J connectivity index is 2.31. The number of rotatable bonds is 3. The van der Waals surface area contributed by atoms with Gasteiger partial charge in [-0.1, -0.05) is 11.2 Å². The molecule has 0 unspecified atom stereocenters. The number of anilines is 1. The normalized spacial score (nSPS) is 10.6. The Morgan fingerprint density at radius 2 is 2.25 bits per heavy atom. The summed E-state index contributed by atoms with van der Waals surface area (Å²) in [7, 11) is 0. The van der Waals surface area contributed by atoms with E-state index in [4.69, 9.17) is 15.4 Å². The Hall–Kier alpha value is -1.88. The van der Waals surface area contributed by atoms with E-state index in [0.29, 0.717) is 23.8 Å². The number of aryl methyl sites for hydroxylation is 1. The monoisotopic (exact) mass is 219 g/mol. The Morgan fingerprint density at radius 1 is 1.44 bits per heavy atom. The number of hydrogen-bond acceptors (Lipinski definition) is 5. The summed E-state index contributed by atoms with van der Waals surface area (Å²) >= 11 is 0. The van der Waals surface area contributed by atoms with E-state index < -0.39 is 0 Å². The fourth-order valence-corrected chi connectivity index (χ4v) is 1.35. The maximum atomic E-state index is 8.74. The molecule has 5 heteroatoms. The van der Waals surface area contributed by atoms with E-state index in [1.54, 1.807) is 6.07 Å². The lowest BCUT2D eigenvalue weighted by Gasteiger charge is -2.00. The second-order valence-electron chi connectivity index (χ2n) is 3.56. The molecule has 3 N–H and O–H groups in total. The van der Waals surface area contributed by atoms with E-state index in [2.05, 4.69) is 10.1 Å². The number of nitrogens with zero attached hydrogens (tertiary/aromatic N) is 2. The molecule has 0 bridgehead atoms. The van der Waals surface area contributed by atoms with Gasteiger partial charge in [0.05, 0.1) is 6.61 Å². The van der Waals surface area contributed by atoms with E-state index in [1.165, 1.54) is 0 Å². The molecule has 0 aliphatic heterocycles. The van der Waals surface area contributed by atoms with Gasteiger partial charge in [0.2, 0.25) is 0 Å². The molecule has 0 amide bonds. The SMILES string of the molecule is Cc1ccc(-c2nc(CCO)no2)cc1N. The zero-order valence-electron chi connectivity index (χ0n) is 8.97. The molecule has 0 radical (unpaired) electrons. The van der Waals surface area contributed by atoms with Crippen LogP contribution in [-0.4, -0.2) is 21.9 Å². The second kappa shape index (κ2) is 4.32. The first kappa shape index (κ1) is 10.6. The minimum absolute atomic E-state index is 0.00894. The molecule has 0 atom stereocenters. The summed E-state index contributed by atoms with van der Waals surface area (Å²) in [6, 6.07) is 5.58. The van der Waals surface area contributed by atoms with Gasteiger partial charge in [-0.3, -0.25) is 0 Å². The number of hydrogen-bond donors (Lipinski definition) is 2. The molecule has 0 saturated heterocycles. The van der Waals surface area contributed by atoms with E-state index in [0.717, 1.165) is 11.1 Å². The van der Waals surface area contributed by atoms with E-state index >= 15 is 0 Å². The lowest BCUT2D eigenvalue weighted by atomic mass is 10.1. The first-order chi connectivity index (χ1) is 7.70. The molecule has 2 rings (SSSR count). The summed E-state index contributed by atoms with van der Waals surface area (Å²) in [5.74, 6) is 0.923. The van der Waals surface area contributed by atoms with Crippen LogP contribution >= 0.6 is 0 Å². The third-order valence-electron chi connectivity index (χ3n) is 2.33. The standard InChI is InChI=1S/C11H13N3O2/c1-7-2-3-8(6-9(7)12)11-13-10(4-5-15)14-16-11/h2-3,6,15H,4-5,12H2,1H3. The van der Waals surface area contributed by atoms with Crippen LogP contribution < -0.4 is 5.73 Å². The summed E-state index contributed by atoms with van der Waals surface area (Å²) in [5.41, 5.74) is 8.29. The van der Waals surface area contributed by atoms with Crippen molar-refractivity contribution in [3.63, 3.8) is 0 Å². The molecule has 5 nitrogen and oxygen atoms in total. The van der Waals surface area contributed by atoms with E-state index in [9.17, 15) is 0 Å². The van der Waals surface area contributed by atoms with Crippen LogP contribution in [0.15, 0.2) is 22.7 Å². The minimum atomic E-state index is 0.00894. The van der Waals surface area contributed by atoms with Crippen LogP contribution in [0.3, 0.4) is 0 Å². The number of nitrogens with two attached hydrogens (primary N) is 1. The highest BCUT2D eigenvalue weighted by atomic mass is 16.5. The average Bonchev–Trinajstić information content (AvgIpc) is 2.71. The van der Waals surface area contributed by atoms with Crippen LogP contribution in [0, 0.1) is 6.92 Å². The van der Waals surface area contributed by atoms with Gasteiger partial charge in [-0.2, -0.15) is 4.98 Å². The summed E-state index contributed by atoms with van der Waals surface area (Å²) in [6.45, 7) is 1.94. The average molecular weight is 219 g/mol. The predicted octanol–water partition coefficient (Wildman–Crippen LogP) is 1.16. The molecule has 0 saturated carbocycles. The van der Waals surface area contributed by atoms with Gasteiger partial charge in [-0.15, -0.1) is 0 Å². The van der Waals surface area contributed by atoms with Crippen molar-refractivity contribution in [1.29, 1.82) is 0 Å². The topological polar surface area (TPSA) is 85.2 Å². The molecule has 16 heavy (non-hydrogen) atoms. The maximum absolute atomic E-state index is 8.74. The van der Waals surface area contributed by atoms with E-state index in [-0.39, 0.29) is 6.61 Å². The Labute approximate surface area is 92.9 Å². The Bertz CT molecular complexity index is 494. The van der Waals surface area contributed by atoms with Crippen molar-refractivity contribution in [2.24, 2.45) is 0 Å².